The van der Waals surface area contributed by atoms with E-state index >= 15 is 0 Å². The van der Waals surface area contributed by atoms with Gasteiger partial charge in [0, 0.05) is 12.5 Å². The van der Waals surface area contributed by atoms with Crippen LogP contribution < -0.4 is 0 Å². The van der Waals surface area contributed by atoms with E-state index in [1.807, 2.05) is 0 Å². The molecule has 0 saturated heterocycles. The summed E-state index contributed by atoms with van der Waals surface area (Å²) in [6, 6.07) is 0. The number of hydrogen-bond acceptors (Lipinski definition) is 3. The molecule has 1 radical (unpaired) electrons. The summed E-state index contributed by atoms with van der Waals surface area (Å²) in [6.45, 7) is 0. The van der Waals surface area contributed by atoms with E-state index in [1.54, 1.807) is 0 Å². The molecule has 0 aromatic heterocycles. The Kier molecular flexibility index (Phi) is 1.44. The van der Waals surface area contributed by atoms with Gasteiger partial charge in [0.1, 0.15) is 11.9 Å². The Balaban J connectivity index is 2.74. The number of hydrogen-bond donors (Lipinski definition) is 3. The molecule has 0 bridgehead atoms. The van der Waals surface area contributed by atoms with E-state index in [1.165, 1.54) is 12.2 Å². The Bertz CT molecular complexity index is 169. The molecule has 49 valence electrons. The normalized spacial score (nSPS) is 21.0. The first-order chi connectivity index (χ1) is 4.18. The summed E-state index contributed by atoms with van der Waals surface area (Å²) in [7, 11) is 0. The van der Waals surface area contributed by atoms with E-state index in [4.69, 9.17) is 15.3 Å². The SMILES string of the molecule is O[C]1C=C(O)C=C(O)C1. The van der Waals surface area contributed by atoms with Crippen molar-refractivity contribution in [1.29, 1.82) is 0 Å². The van der Waals surface area contributed by atoms with Gasteiger partial charge in [0.25, 0.3) is 0 Å². The van der Waals surface area contributed by atoms with Crippen molar-refractivity contribution >= 4 is 0 Å². The monoisotopic (exact) mass is 127 g/mol. The minimum atomic E-state index is -0.115. The quantitative estimate of drug-likeness (QED) is 0.458. The van der Waals surface area contributed by atoms with Crippen molar-refractivity contribution in [3.05, 3.63) is 29.8 Å². The lowest BCUT2D eigenvalue weighted by atomic mass is 10.1. The minimum absolute atomic E-state index is 0.0208. The minimum Gasteiger partial charge on any atom is -0.512 e. The average Bonchev–Trinajstić information content (AvgIpc) is 1.59. The molecule has 3 heteroatoms. The van der Waals surface area contributed by atoms with Gasteiger partial charge in [-0.05, 0) is 6.08 Å². The molecule has 1 aliphatic rings. The summed E-state index contributed by atoms with van der Waals surface area (Å²) in [5.74, 6) is -0.135. The van der Waals surface area contributed by atoms with Crippen molar-refractivity contribution in [2.24, 2.45) is 0 Å². The van der Waals surface area contributed by atoms with E-state index < -0.39 is 0 Å². The van der Waals surface area contributed by atoms with E-state index in [9.17, 15) is 0 Å². The second-order valence-electron chi connectivity index (χ2n) is 1.87. The van der Waals surface area contributed by atoms with Crippen LogP contribution in [0.1, 0.15) is 6.42 Å². The number of rotatable bonds is 0. The van der Waals surface area contributed by atoms with Crippen molar-refractivity contribution in [1.82, 2.24) is 0 Å². The standard InChI is InChI=1S/C6H7O3/c7-4-1-5(8)3-6(9)2-4/h1-2,7-9H,3H2. The van der Waals surface area contributed by atoms with Crippen LogP contribution in [-0.4, -0.2) is 15.3 Å². The van der Waals surface area contributed by atoms with Crippen LogP contribution in [-0.2, 0) is 0 Å². The van der Waals surface area contributed by atoms with Gasteiger partial charge in [-0.3, -0.25) is 0 Å². The Morgan fingerprint density at radius 1 is 1.11 bits per heavy atom. The summed E-state index contributed by atoms with van der Waals surface area (Å²) < 4.78 is 0. The smallest absolute Gasteiger partial charge is 0.126 e. The topological polar surface area (TPSA) is 60.7 Å². The molecule has 1 rings (SSSR count). The van der Waals surface area contributed by atoms with Crippen LogP contribution >= 0.6 is 0 Å². The molecule has 0 spiro atoms. The molecule has 0 fully saturated rings. The van der Waals surface area contributed by atoms with Crippen LogP contribution in [0.3, 0.4) is 0 Å². The maximum atomic E-state index is 8.73. The molecule has 0 unspecified atom stereocenters. The Labute approximate surface area is 52.6 Å². The van der Waals surface area contributed by atoms with Gasteiger partial charge in [-0.1, -0.05) is 0 Å². The second-order valence-corrected chi connectivity index (χ2v) is 1.87. The van der Waals surface area contributed by atoms with Crippen LogP contribution in [0.4, 0.5) is 0 Å². The molecule has 0 amide bonds. The van der Waals surface area contributed by atoms with Gasteiger partial charge in [0.05, 0.1) is 5.76 Å². The van der Waals surface area contributed by atoms with Gasteiger partial charge in [-0.2, -0.15) is 0 Å². The average molecular weight is 127 g/mol. The highest BCUT2D eigenvalue weighted by molar-refractivity contribution is 5.26. The third-order valence-electron chi connectivity index (χ3n) is 0.991. The van der Waals surface area contributed by atoms with Crippen LogP contribution in [0.5, 0.6) is 0 Å². The van der Waals surface area contributed by atoms with E-state index in [2.05, 4.69) is 0 Å². The molecule has 0 aromatic carbocycles. The number of aliphatic hydroxyl groups is 3. The zero-order valence-corrected chi connectivity index (χ0v) is 4.70. The molecule has 0 aromatic rings. The lowest BCUT2D eigenvalue weighted by Crippen LogP contribution is -2.00. The molecule has 0 heterocycles. The maximum Gasteiger partial charge on any atom is 0.126 e. The van der Waals surface area contributed by atoms with Crippen LogP contribution in [0.15, 0.2) is 23.7 Å². The molecular formula is C6H7O3. The zero-order valence-electron chi connectivity index (χ0n) is 4.70. The molecule has 0 saturated carbocycles. The third-order valence-corrected chi connectivity index (χ3v) is 0.991. The molecule has 0 aliphatic heterocycles. The van der Waals surface area contributed by atoms with Crippen molar-refractivity contribution in [3.8, 4) is 0 Å². The summed E-state index contributed by atoms with van der Waals surface area (Å²) >= 11 is 0. The summed E-state index contributed by atoms with van der Waals surface area (Å²) in [4.78, 5) is 0. The van der Waals surface area contributed by atoms with Crippen molar-refractivity contribution in [2.75, 3.05) is 0 Å². The van der Waals surface area contributed by atoms with Gasteiger partial charge in [-0.15, -0.1) is 0 Å². The molecular weight excluding hydrogens is 120 g/mol. The molecule has 9 heavy (non-hydrogen) atoms. The van der Waals surface area contributed by atoms with E-state index in [0.29, 0.717) is 0 Å². The predicted molar refractivity (Wildman–Crippen MR) is 31.2 cm³/mol. The molecule has 1 aliphatic carbocycles. The number of aliphatic hydroxyl groups excluding tert-OH is 3. The highest BCUT2D eigenvalue weighted by Crippen LogP contribution is 2.18. The lowest BCUT2D eigenvalue weighted by molar-refractivity contribution is 0.278. The van der Waals surface area contributed by atoms with Crippen LogP contribution in [0, 0.1) is 6.10 Å². The van der Waals surface area contributed by atoms with Crippen LogP contribution in [0.2, 0.25) is 0 Å². The first-order valence-corrected chi connectivity index (χ1v) is 2.53. The summed E-state index contributed by atoms with van der Waals surface area (Å²) in [6.07, 6.45) is 2.48. The third kappa shape index (κ3) is 1.47. The zero-order chi connectivity index (χ0) is 6.85. The Hall–Kier alpha value is -0.960. The highest BCUT2D eigenvalue weighted by Gasteiger charge is 2.11. The van der Waals surface area contributed by atoms with Crippen molar-refractivity contribution in [2.45, 2.75) is 6.42 Å². The van der Waals surface area contributed by atoms with E-state index in [-0.39, 0.29) is 24.0 Å². The van der Waals surface area contributed by atoms with Gasteiger partial charge in [-0.25, -0.2) is 0 Å². The van der Waals surface area contributed by atoms with Gasteiger partial charge in [0.2, 0.25) is 0 Å². The highest BCUT2D eigenvalue weighted by atomic mass is 16.3. The number of allylic oxidation sites excluding steroid dienone is 1. The predicted octanol–water partition coefficient (Wildman–Crippen LogP) is 1.18. The summed E-state index contributed by atoms with van der Waals surface area (Å²) in [5.41, 5.74) is 0. The molecule has 3 N–H and O–H groups in total. The lowest BCUT2D eigenvalue weighted by Gasteiger charge is -2.08. The van der Waals surface area contributed by atoms with Gasteiger partial charge in [0.15, 0.2) is 0 Å². The maximum absolute atomic E-state index is 8.73. The Morgan fingerprint density at radius 2 is 1.78 bits per heavy atom. The van der Waals surface area contributed by atoms with Gasteiger partial charge >= 0.3 is 0 Å². The Morgan fingerprint density at radius 3 is 2.22 bits per heavy atom. The van der Waals surface area contributed by atoms with E-state index in [0.717, 1.165) is 0 Å². The van der Waals surface area contributed by atoms with Crippen LogP contribution in [0.25, 0.3) is 0 Å². The largest absolute Gasteiger partial charge is 0.512 e. The fourth-order valence-electron chi connectivity index (χ4n) is 0.671. The second kappa shape index (κ2) is 2.11. The fraction of sp³-hybridized carbons (Fsp3) is 0.167. The first-order valence-electron chi connectivity index (χ1n) is 2.53. The summed E-state index contributed by atoms with van der Waals surface area (Å²) in [5, 5.41) is 26.2. The van der Waals surface area contributed by atoms with Crippen molar-refractivity contribution < 1.29 is 15.3 Å². The van der Waals surface area contributed by atoms with Crippen molar-refractivity contribution in [3.63, 3.8) is 0 Å². The first kappa shape index (κ1) is 6.16. The van der Waals surface area contributed by atoms with Gasteiger partial charge < -0.3 is 15.3 Å². The molecule has 3 nitrogen and oxygen atoms in total. The fourth-order valence-corrected chi connectivity index (χ4v) is 0.671. The molecule has 0 atom stereocenters.